The molecule has 128 valence electrons. The van der Waals surface area contributed by atoms with Crippen molar-refractivity contribution < 1.29 is 12.3 Å². The lowest BCUT2D eigenvalue weighted by atomic mass is 9.93. The van der Waals surface area contributed by atoms with E-state index in [9.17, 15) is 4.79 Å². The molecular formula is C20H25INO2+. The van der Waals surface area contributed by atoms with Crippen LogP contribution < -0.4 is 2.78 Å². The molecule has 2 rings (SSSR count). The third-order valence-electron chi connectivity index (χ3n) is 4.31. The fourth-order valence-corrected chi connectivity index (χ4v) is 3.76. The van der Waals surface area contributed by atoms with Gasteiger partial charge < -0.3 is 4.74 Å². The topological polar surface area (TPSA) is 30.2 Å². The molecule has 2 aromatic rings. The van der Waals surface area contributed by atoms with E-state index in [-0.39, 0.29) is 5.97 Å². The van der Waals surface area contributed by atoms with E-state index < -0.39 is 0 Å². The van der Waals surface area contributed by atoms with Crippen molar-refractivity contribution >= 4 is 28.8 Å². The van der Waals surface area contributed by atoms with Crippen LogP contribution in [0, 0.1) is 26.7 Å². The number of hydrogen-bond donors (Lipinski definition) is 0. The van der Waals surface area contributed by atoms with Gasteiger partial charge in [0.2, 0.25) is 0 Å². The Kier molecular flexibility index (Phi) is 6.38. The lowest BCUT2D eigenvalue weighted by molar-refractivity contribution is -0.454. The Labute approximate surface area is 158 Å². The van der Waals surface area contributed by atoms with E-state index in [0.717, 1.165) is 23.2 Å². The number of benzene rings is 1. The third-order valence-corrected chi connectivity index (χ3v) is 5.52. The number of pyridine rings is 1. The Bertz CT molecular complexity index is 739. The standard InChI is InChI=1S/C20H25INO2/c1-13(2)11-18-14(3)16(5)22(21)19(15(18)4)20(23)24-12-17-9-7-6-8-10-17/h6-10,13H,11-12H2,1-5H3/q+1. The van der Waals surface area contributed by atoms with Crippen LogP contribution in [0.5, 0.6) is 0 Å². The van der Waals surface area contributed by atoms with Gasteiger partial charge in [0.15, 0.2) is 5.69 Å². The first kappa shape index (κ1) is 18.9. The van der Waals surface area contributed by atoms with Gasteiger partial charge in [-0.1, -0.05) is 44.2 Å². The van der Waals surface area contributed by atoms with Crippen molar-refractivity contribution in [3.05, 3.63) is 64.0 Å². The predicted molar refractivity (Wildman–Crippen MR) is 104 cm³/mol. The lowest BCUT2D eigenvalue weighted by Gasteiger charge is -2.15. The van der Waals surface area contributed by atoms with Gasteiger partial charge in [-0.2, -0.15) is 0 Å². The summed E-state index contributed by atoms with van der Waals surface area (Å²) in [5.41, 5.74) is 6.29. The highest BCUT2D eigenvalue weighted by Crippen LogP contribution is 2.23. The van der Waals surface area contributed by atoms with E-state index in [2.05, 4.69) is 50.6 Å². The van der Waals surface area contributed by atoms with Gasteiger partial charge in [-0.15, -0.1) is 2.78 Å². The number of halogens is 1. The van der Waals surface area contributed by atoms with Gasteiger partial charge in [0.1, 0.15) is 6.61 Å². The number of carbonyl (C=O) groups excluding carboxylic acids is 1. The van der Waals surface area contributed by atoms with Crippen LogP contribution in [0.1, 0.15) is 52.3 Å². The second kappa shape index (κ2) is 8.10. The SMILES string of the molecule is Cc1c(CC(C)C)c(C)c(C(=O)OCc2ccccc2)[n+](I)c1C. The monoisotopic (exact) mass is 438 g/mol. The summed E-state index contributed by atoms with van der Waals surface area (Å²) in [6.07, 6.45) is 0.967. The molecule has 0 aliphatic rings. The molecule has 0 radical (unpaired) electrons. The molecule has 0 fully saturated rings. The maximum absolute atomic E-state index is 12.7. The summed E-state index contributed by atoms with van der Waals surface area (Å²) in [5, 5.41) is 0. The van der Waals surface area contributed by atoms with Gasteiger partial charge in [-0.05, 0) is 37.3 Å². The largest absolute Gasteiger partial charge is 0.453 e. The highest BCUT2D eigenvalue weighted by molar-refractivity contribution is 14.1. The van der Waals surface area contributed by atoms with E-state index in [4.69, 9.17) is 4.74 Å². The van der Waals surface area contributed by atoms with Crippen LogP contribution in [0.4, 0.5) is 0 Å². The van der Waals surface area contributed by atoms with Crippen LogP contribution in [-0.4, -0.2) is 5.97 Å². The summed E-state index contributed by atoms with van der Waals surface area (Å²) >= 11 is 2.19. The number of esters is 1. The number of hydrogen-bond acceptors (Lipinski definition) is 2. The van der Waals surface area contributed by atoms with Gasteiger partial charge in [0, 0.05) is 18.1 Å². The second-order valence-corrected chi connectivity index (χ2v) is 7.57. The van der Waals surface area contributed by atoms with Crippen LogP contribution >= 0.6 is 22.9 Å². The van der Waals surface area contributed by atoms with Crippen molar-refractivity contribution in [3.63, 3.8) is 0 Å². The smallest absolute Gasteiger partial charge is 0.405 e. The molecule has 3 nitrogen and oxygen atoms in total. The molecular weight excluding hydrogens is 413 g/mol. The van der Waals surface area contributed by atoms with Gasteiger partial charge in [-0.3, -0.25) is 0 Å². The van der Waals surface area contributed by atoms with Crippen molar-refractivity contribution in [1.82, 2.24) is 0 Å². The van der Waals surface area contributed by atoms with Crippen molar-refractivity contribution in [2.45, 2.75) is 47.6 Å². The average molecular weight is 438 g/mol. The highest BCUT2D eigenvalue weighted by atomic mass is 127. The second-order valence-electron chi connectivity index (χ2n) is 6.60. The van der Waals surface area contributed by atoms with Crippen LogP contribution in [0.15, 0.2) is 30.3 Å². The molecule has 24 heavy (non-hydrogen) atoms. The molecule has 0 atom stereocenters. The van der Waals surface area contributed by atoms with Gasteiger partial charge in [0.05, 0.1) is 0 Å². The third kappa shape index (κ3) is 4.15. The summed E-state index contributed by atoms with van der Waals surface area (Å²) in [6.45, 7) is 10.9. The minimum atomic E-state index is -0.265. The van der Waals surface area contributed by atoms with E-state index in [1.165, 1.54) is 11.1 Å². The maximum atomic E-state index is 12.7. The minimum Gasteiger partial charge on any atom is -0.453 e. The number of nitrogens with zero attached hydrogens (tertiary/aromatic N) is 1. The molecule has 1 aromatic carbocycles. The molecule has 0 saturated carbocycles. The number of carbonyl (C=O) groups is 1. The lowest BCUT2D eigenvalue weighted by Crippen LogP contribution is -2.36. The summed E-state index contributed by atoms with van der Waals surface area (Å²) in [4.78, 5) is 12.7. The van der Waals surface area contributed by atoms with E-state index in [0.29, 0.717) is 18.2 Å². The van der Waals surface area contributed by atoms with Crippen molar-refractivity contribution in [2.75, 3.05) is 0 Å². The summed E-state index contributed by atoms with van der Waals surface area (Å²) in [5.74, 6) is 0.277. The molecule has 0 amide bonds. The van der Waals surface area contributed by atoms with E-state index in [1.54, 1.807) is 0 Å². The van der Waals surface area contributed by atoms with E-state index in [1.807, 2.05) is 40.0 Å². The molecule has 0 aliphatic carbocycles. The molecule has 1 heterocycles. The van der Waals surface area contributed by atoms with Gasteiger partial charge in [-0.25, -0.2) is 4.79 Å². The molecule has 4 heteroatoms. The molecule has 0 saturated heterocycles. The first-order valence-electron chi connectivity index (χ1n) is 8.24. The highest BCUT2D eigenvalue weighted by Gasteiger charge is 2.30. The number of ether oxygens (including phenoxy) is 1. The van der Waals surface area contributed by atoms with Crippen molar-refractivity contribution in [3.8, 4) is 0 Å². The number of rotatable bonds is 5. The van der Waals surface area contributed by atoms with Crippen LogP contribution in [-0.2, 0) is 17.8 Å². The van der Waals surface area contributed by atoms with Crippen molar-refractivity contribution in [2.24, 2.45) is 5.92 Å². The Balaban J connectivity index is 2.34. The normalized spacial score (nSPS) is 11.0. The van der Waals surface area contributed by atoms with Gasteiger partial charge in [0.25, 0.3) is 0 Å². The Morgan fingerprint density at radius 3 is 2.33 bits per heavy atom. The minimum absolute atomic E-state index is 0.265. The van der Waals surface area contributed by atoms with Gasteiger partial charge >= 0.3 is 34.5 Å². The first-order chi connectivity index (χ1) is 11.3. The molecule has 0 N–H and O–H groups in total. The van der Waals surface area contributed by atoms with Crippen LogP contribution in [0.3, 0.4) is 0 Å². The summed E-state index contributed by atoms with van der Waals surface area (Å²) in [6, 6.07) is 9.77. The zero-order valence-corrected chi connectivity index (χ0v) is 17.2. The van der Waals surface area contributed by atoms with Crippen LogP contribution in [0.25, 0.3) is 0 Å². The predicted octanol–water partition coefficient (Wildman–Crippen LogP) is 4.65. The Morgan fingerprint density at radius 1 is 1.12 bits per heavy atom. The molecule has 0 unspecified atom stereocenters. The van der Waals surface area contributed by atoms with Crippen molar-refractivity contribution in [1.29, 1.82) is 0 Å². The zero-order valence-electron chi connectivity index (χ0n) is 15.0. The molecule has 0 spiro atoms. The quantitative estimate of drug-likeness (QED) is 0.503. The fourth-order valence-electron chi connectivity index (χ4n) is 2.84. The zero-order chi connectivity index (χ0) is 17.9. The fraction of sp³-hybridized carbons (Fsp3) is 0.400. The average Bonchev–Trinajstić information content (AvgIpc) is 2.56. The number of aromatic nitrogens is 1. The van der Waals surface area contributed by atoms with Crippen LogP contribution in [0.2, 0.25) is 0 Å². The molecule has 1 aromatic heterocycles. The maximum Gasteiger partial charge on any atom is 0.405 e. The Morgan fingerprint density at radius 2 is 1.75 bits per heavy atom. The molecule has 0 bridgehead atoms. The summed E-state index contributed by atoms with van der Waals surface area (Å²) in [7, 11) is 0. The Hall–Kier alpha value is -1.43. The first-order valence-corrected chi connectivity index (χ1v) is 9.21. The molecule has 0 aliphatic heterocycles. The summed E-state index contributed by atoms with van der Waals surface area (Å²) < 4.78 is 7.50. The van der Waals surface area contributed by atoms with E-state index >= 15 is 0 Å².